The fourth-order valence-electron chi connectivity index (χ4n) is 1.50. The van der Waals surface area contributed by atoms with Crippen LogP contribution in [-0.4, -0.2) is 6.54 Å². The Morgan fingerprint density at radius 3 is 2.61 bits per heavy atom. The van der Waals surface area contributed by atoms with Crippen molar-refractivity contribution in [1.29, 1.82) is 5.26 Å². The van der Waals surface area contributed by atoms with E-state index >= 15 is 0 Å². The summed E-state index contributed by atoms with van der Waals surface area (Å²) in [6, 6.07) is 6.47. The zero-order valence-corrected chi connectivity index (χ0v) is 11.5. The lowest BCUT2D eigenvalue weighted by Gasteiger charge is -2.29. The van der Waals surface area contributed by atoms with Crippen molar-refractivity contribution in [3.05, 3.63) is 35.1 Å². The predicted octanol–water partition coefficient (Wildman–Crippen LogP) is 3.47. The molecular weight excluding hydrogens is 227 g/mol. The second kappa shape index (κ2) is 5.97. The van der Waals surface area contributed by atoms with Gasteiger partial charge in [0.1, 0.15) is 5.82 Å². The van der Waals surface area contributed by atoms with Crippen molar-refractivity contribution in [2.45, 2.75) is 34.2 Å². The summed E-state index contributed by atoms with van der Waals surface area (Å²) in [4.78, 5) is 0. The first-order valence-corrected chi connectivity index (χ1v) is 6.26. The lowest BCUT2D eigenvalue weighted by atomic mass is 9.81. The van der Waals surface area contributed by atoms with E-state index in [0.29, 0.717) is 23.6 Å². The highest BCUT2D eigenvalue weighted by Crippen LogP contribution is 2.24. The predicted molar refractivity (Wildman–Crippen MR) is 71.4 cm³/mol. The minimum Gasteiger partial charge on any atom is -0.312 e. The highest BCUT2D eigenvalue weighted by atomic mass is 19.1. The third kappa shape index (κ3) is 3.82. The molecule has 0 spiro atoms. The molecule has 3 heteroatoms. The van der Waals surface area contributed by atoms with E-state index in [1.807, 2.05) is 6.07 Å². The Morgan fingerprint density at radius 1 is 1.39 bits per heavy atom. The SMILES string of the molecule is CC(C)C(C)(C)CNCc1cc(C#N)ccc1F. The molecule has 1 rings (SSSR count). The zero-order valence-electron chi connectivity index (χ0n) is 11.5. The summed E-state index contributed by atoms with van der Waals surface area (Å²) in [6.45, 7) is 10.0. The number of halogens is 1. The second-order valence-electron chi connectivity index (χ2n) is 5.66. The van der Waals surface area contributed by atoms with Crippen LogP contribution < -0.4 is 5.32 Å². The number of nitrogens with one attached hydrogen (secondary N) is 1. The van der Waals surface area contributed by atoms with Crippen molar-refractivity contribution in [1.82, 2.24) is 5.32 Å². The molecule has 98 valence electrons. The molecule has 0 aliphatic heterocycles. The Balaban J connectivity index is 2.62. The molecule has 1 N–H and O–H groups in total. The van der Waals surface area contributed by atoms with E-state index in [1.54, 1.807) is 6.07 Å². The Bertz CT molecular complexity index is 444. The average Bonchev–Trinajstić information content (AvgIpc) is 2.31. The first-order chi connectivity index (χ1) is 8.36. The van der Waals surface area contributed by atoms with Crippen LogP contribution in [0.15, 0.2) is 18.2 Å². The lowest BCUT2D eigenvalue weighted by molar-refractivity contribution is 0.237. The van der Waals surface area contributed by atoms with E-state index < -0.39 is 0 Å². The molecule has 0 saturated carbocycles. The molecule has 0 aliphatic carbocycles. The van der Waals surface area contributed by atoms with E-state index in [0.717, 1.165) is 6.54 Å². The van der Waals surface area contributed by atoms with E-state index in [1.165, 1.54) is 12.1 Å². The molecule has 0 aromatic heterocycles. The van der Waals surface area contributed by atoms with Crippen molar-refractivity contribution in [2.24, 2.45) is 11.3 Å². The maximum Gasteiger partial charge on any atom is 0.127 e. The van der Waals surface area contributed by atoms with Crippen LogP contribution in [0.4, 0.5) is 4.39 Å². The van der Waals surface area contributed by atoms with Crippen LogP contribution in [0.3, 0.4) is 0 Å². The Morgan fingerprint density at radius 2 is 2.06 bits per heavy atom. The van der Waals surface area contributed by atoms with Gasteiger partial charge in [-0.1, -0.05) is 27.7 Å². The van der Waals surface area contributed by atoms with Gasteiger partial charge in [-0.05, 0) is 29.5 Å². The van der Waals surface area contributed by atoms with E-state index in [2.05, 4.69) is 33.0 Å². The van der Waals surface area contributed by atoms with Gasteiger partial charge in [0.05, 0.1) is 11.6 Å². The Kier molecular flexibility index (Phi) is 4.86. The summed E-state index contributed by atoms with van der Waals surface area (Å²) in [5, 5.41) is 12.1. The number of hydrogen-bond donors (Lipinski definition) is 1. The standard InChI is InChI=1S/C15H21FN2/c1-11(2)15(3,4)10-18-9-13-7-12(8-17)5-6-14(13)16/h5-7,11,18H,9-10H2,1-4H3. The number of nitrogens with zero attached hydrogens (tertiary/aromatic N) is 1. The van der Waals surface area contributed by atoms with Gasteiger partial charge < -0.3 is 5.32 Å². The summed E-state index contributed by atoms with van der Waals surface area (Å²) in [7, 11) is 0. The number of hydrogen-bond acceptors (Lipinski definition) is 2. The number of nitriles is 1. The minimum atomic E-state index is -0.260. The maximum atomic E-state index is 13.5. The highest BCUT2D eigenvalue weighted by molar-refractivity contribution is 5.33. The van der Waals surface area contributed by atoms with Crippen LogP contribution >= 0.6 is 0 Å². The summed E-state index contributed by atoms with van der Waals surface area (Å²) >= 11 is 0. The normalized spacial score (nSPS) is 11.6. The molecule has 0 saturated heterocycles. The van der Waals surface area contributed by atoms with Gasteiger partial charge in [0.15, 0.2) is 0 Å². The van der Waals surface area contributed by atoms with Gasteiger partial charge in [-0.25, -0.2) is 4.39 Å². The van der Waals surface area contributed by atoms with Crippen LogP contribution in [0.1, 0.15) is 38.8 Å². The third-order valence-electron chi connectivity index (χ3n) is 3.63. The van der Waals surface area contributed by atoms with Crippen LogP contribution in [-0.2, 0) is 6.54 Å². The quantitative estimate of drug-likeness (QED) is 0.866. The van der Waals surface area contributed by atoms with Gasteiger partial charge in [-0.15, -0.1) is 0 Å². The van der Waals surface area contributed by atoms with Crippen molar-refractivity contribution < 1.29 is 4.39 Å². The van der Waals surface area contributed by atoms with Crippen LogP contribution in [0.2, 0.25) is 0 Å². The molecule has 0 bridgehead atoms. The first-order valence-electron chi connectivity index (χ1n) is 6.26. The molecule has 0 amide bonds. The summed E-state index contributed by atoms with van der Waals surface area (Å²) < 4.78 is 13.5. The topological polar surface area (TPSA) is 35.8 Å². The van der Waals surface area contributed by atoms with Gasteiger partial charge in [-0.2, -0.15) is 5.26 Å². The summed E-state index contributed by atoms with van der Waals surface area (Å²) in [5.74, 6) is 0.296. The first kappa shape index (κ1) is 14.7. The molecule has 0 unspecified atom stereocenters. The summed E-state index contributed by atoms with van der Waals surface area (Å²) in [5.41, 5.74) is 1.22. The summed E-state index contributed by atoms with van der Waals surface area (Å²) in [6.07, 6.45) is 0. The molecule has 2 nitrogen and oxygen atoms in total. The Hall–Kier alpha value is -1.40. The molecule has 0 radical (unpaired) electrons. The van der Waals surface area contributed by atoms with Gasteiger partial charge in [-0.3, -0.25) is 0 Å². The highest BCUT2D eigenvalue weighted by Gasteiger charge is 2.21. The molecule has 1 aromatic carbocycles. The van der Waals surface area contributed by atoms with Crippen molar-refractivity contribution >= 4 is 0 Å². The minimum absolute atomic E-state index is 0.170. The number of benzene rings is 1. The molecule has 0 fully saturated rings. The van der Waals surface area contributed by atoms with Crippen molar-refractivity contribution in [3.63, 3.8) is 0 Å². The molecule has 1 aromatic rings. The smallest absolute Gasteiger partial charge is 0.127 e. The third-order valence-corrected chi connectivity index (χ3v) is 3.63. The fourth-order valence-corrected chi connectivity index (χ4v) is 1.50. The Labute approximate surface area is 109 Å². The molecule has 0 atom stereocenters. The zero-order chi connectivity index (χ0) is 13.8. The van der Waals surface area contributed by atoms with E-state index in [4.69, 9.17) is 5.26 Å². The average molecular weight is 248 g/mol. The lowest BCUT2D eigenvalue weighted by Crippen LogP contribution is -2.33. The van der Waals surface area contributed by atoms with Gasteiger partial charge in [0.25, 0.3) is 0 Å². The van der Waals surface area contributed by atoms with E-state index in [9.17, 15) is 4.39 Å². The van der Waals surface area contributed by atoms with Crippen LogP contribution in [0, 0.1) is 28.5 Å². The van der Waals surface area contributed by atoms with Gasteiger partial charge in [0.2, 0.25) is 0 Å². The molecule has 0 heterocycles. The van der Waals surface area contributed by atoms with Crippen LogP contribution in [0.25, 0.3) is 0 Å². The molecular formula is C15H21FN2. The number of rotatable bonds is 5. The fraction of sp³-hybridized carbons (Fsp3) is 0.533. The van der Waals surface area contributed by atoms with Crippen LogP contribution in [0.5, 0.6) is 0 Å². The van der Waals surface area contributed by atoms with Gasteiger partial charge >= 0.3 is 0 Å². The van der Waals surface area contributed by atoms with Crippen molar-refractivity contribution in [3.8, 4) is 6.07 Å². The molecule has 18 heavy (non-hydrogen) atoms. The molecule has 0 aliphatic rings. The monoisotopic (exact) mass is 248 g/mol. The van der Waals surface area contributed by atoms with E-state index in [-0.39, 0.29) is 11.2 Å². The largest absolute Gasteiger partial charge is 0.312 e. The maximum absolute atomic E-state index is 13.5. The van der Waals surface area contributed by atoms with Crippen molar-refractivity contribution in [2.75, 3.05) is 6.54 Å². The van der Waals surface area contributed by atoms with Gasteiger partial charge in [0, 0.05) is 18.7 Å². The second-order valence-corrected chi connectivity index (χ2v) is 5.66.